The first-order chi connectivity index (χ1) is 9.40. The lowest BCUT2D eigenvalue weighted by molar-refractivity contribution is -0.274. The molecule has 0 aliphatic heterocycles. The zero-order chi connectivity index (χ0) is 14.8. The third-order valence-corrected chi connectivity index (χ3v) is 2.41. The van der Waals surface area contributed by atoms with Gasteiger partial charge >= 0.3 is 6.36 Å². The molecule has 1 aromatic heterocycles. The minimum Gasteiger partial charge on any atom is -0.406 e. The van der Waals surface area contributed by atoms with Crippen LogP contribution in [0.4, 0.5) is 13.2 Å². The van der Waals surface area contributed by atoms with Gasteiger partial charge in [0, 0.05) is 7.05 Å². The molecule has 1 heterocycles. The Morgan fingerprint density at radius 2 is 2.15 bits per heavy atom. The highest BCUT2D eigenvalue weighted by atomic mass is 19.4. The van der Waals surface area contributed by atoms with Crippen molar-refractivity contribution in [3.63, 3.8) is 0 Å². The number of nitroso groups, excluding NO2 is 1. The summed E-state index contributed by atoms with van der Waals surface area (Å²) in [4.78, 5) is 10.9. The Morgan fingerprint density at radius 1 is 1.40 bits per heavy atom. The second kappa shape index (κ2) is 5.23. The van der Waals surface area contributed by atoms with Crippen molar-refractivity contribution in [2.45, 2.75) is 12.4 Å². The molecule has 0 aliphatic rings. The second-order valence-corrected chi connectivity index (χ2v) is 3.79. The molecule has 0 saturated carbocycles. The molecule has 7 nitrogen and oxygen atoms in total. The summed E-state index contributed by atoms with van der Waals surface area (Å²) >= 11 is 0. The Morgan fingerprint density at radius 3 is 2.70 bits per heavy atom. The maximum absolute atomic E-state index is 12.1. The number of halogens is 3. The number of tetrazole rings is 1. The lowest BCUT2D eigenvalue weighted by atomic mass is 10.1. The minimum atomic E-state index is -4.81. The van der Waals surface area contributed by atoms with Crippen LogP contribution in [0.3, 0.4) is 0 Å². The van der Waals surface area contributed by atoms with Gasteiger partial charge in [-0.25, -0.2) is 4.68 Å². The van der Waals surface area contributed by atoms with E-state index in [-0.39, 0.29) is 11.4 Å². The maximum atomic E-state index is 12.1. The quantitative estimate of drug-likeness (QED) is 0.803. The summed E-state index contributed by atoms with van der Waals surface area (Å²) in [5.41, 5.74) is 0.194. The number of aryl methyl sites for hydroxylation is 1. The number of hydrogen-bond acceptors (Lipinski definition) is 6. The molecule has 2 rings (SSSR count). The van der Waals surface area contributed by atoms with Crippen molar-refractivity contribution < 1.29 is 17.9 Å². The van der Waals surface area contributed by atoms with Crippen molar-refractivity contribution in [1.82, 2.24) is 20.2 Å². The number of hydrogen-bond donors (Lipinski definition) is 0. The molecule has 0 fully saturated rings. The van der Waals surface area contributed by atoms with Crippen LogP contribution in [-0.4, -0.2) is 26.6 Å². The Labute approximate surface area is 110 Å². The highest BCUT2D eigenvalue weighted by molar-refractivity contribution is 5.33. The number of benzene rings is 1. The fourth-order valence-electron chi connectivity index (χ4n) is 1.61. The van der Waals surface area contributed by atoms with Crippen LogP contribution in [0.5, 0.6) is 5.75 Å². The summed E-state index contributed by atoms with van der Waals surface area (Å²) in [6.07, 6.45) is -4.81. The van der Waals surface area contributed by atoms with Gasteiger partial charge in [-0.1, -0.05) is 17.3 Å². The standard InChI is InChI=1S/C10H8F3N5O2/c1-18-9(14-16-17-18)8(15-19)6-3-2-4-7(5-6)20-10(11,12)13/h2-5,8H,1H3. The van der Waals surface area contributed by atoms with Crippen molar-refractivity contribution >= 4 is 0 Å². The maximum Gasteiger partial charge on any atom is 0.573 e. The van der Waals surface area contributed by atoms with E-state index in [0.29, 0.717) is 0 Å². The summed E-state index contributed by atoms with van der Waals surface area (Å²) in [6, 6.07) is 3.82. The molecule has 0 saturated heterocycles. The summed E-state index contributed by atoms with van der Waals surface area (Å²) < 4.78 is 41.4. The Balaban J connectivity index is 2.34. The predicted octanol–water partition coefficient (Wildman–Crippen LogP) is 1.96. The molecule has 0 aliphatic carbocycles. The van der Waals surface area contributed by atoms with E-state index in [1.807, 2.05) is 0 Å². The van der Waals surface area contributed by atoms with Gasteiger partial charge in [-0.15, -0.1) is 23.2 Å². The number of aromatic nitrogens is 4. The Kier molecular flexibility index (Phi) is 3.63. The van der Waals surface area contributed by atoms with Crippen LogP contribution in [-0.2, 0) is 7.05 Å². The van der Waals surface area contributed by atoms with E-state index in [0.717, 1.165) is 12.1 Å². The van der Waals surface area contributed by atoms with E-state index in [9.17, 15) is 18.1 Å². The average molecular weight is 287 g/mol. The first kappa shape index (κ1) is 13.9. The lowest BCUT2D eigenvalue weighted by Gasteiger charge is -2.12. The smallest absolute Gasteiger partial charge is 0.406 e. The second-order valence-electron chi connectivity index (χ2n) is 3.79. The molecule has 1 aromatic carbocycles. The SMILES string of the molecule is Cn1nnnc1C(N=O)c1cccc(OC(F)(F)F)c1. The third kappa shape index (κ3) is 3.08. The van der Waals surface area contributed by atoms with Crippen LogP contribution in [0.1, 0.15) is 17.4 Å². The van der Waals surface area contributed by atoms with E-state index < -0.39 is 18.2 Å². The average Bonchev–Trinajstić information content (AvgIpc) is 2.75. The topological polar surface area (TPSA) is 82.3 Å². The van der Waals surface area contributed by atoms with E-state index in [1.54, 1.807) is 0 Å². The molecule has 0 bridgehead atoms. The van der Waals surface area contributed by atoms with Gasteiger partial charge in [0.1, 0.15) is 5.75 Å². The van der Waals surface area contributed by atoms with E-state index >= 15 is 0 Å². The predicted molar refractivity (Wildman–Crippen MR) is 59.6 cm³/mol. The van der Waals surface area contributed by atoms with Gasteiger partial charge in [0.05, 0.1) is 0 Å². The first-order valence-electron chi connectivity index (χ1n) is 5.31. The molecule has 106 valence electrons. The van der Waals surface area contributed by atoms with E-state index in [4.69, 9.17) is 0 Å². The molecule has 1 atom stereocenters. The summed E-state index contributed by atoms with van der Waals surface area (Å²) in [7, 11) is 1.49. The van der Waals surface area contributed by atoms with Gasteiger partial charge in [0.25, 0.3) is 0 Å². The van der Waals surface area contributed by atoms with Gasteiger partial charge < -0.3 is 4.74 Å². The van der Waals surface area contributed by atoms with Crippen LogP contribution in [0.2, 0.25) is 0 Å². The van der Waals surface area contributed by atoms with Crippen LogP contribution in [0.25, 0.3) is 0 Å². The lowest BCUT2D eigenvalue weighted by Crippen LogP contribution is -2.17. The molecule has 20 heavy (non-hydrogen) atoms. The van der Waals surface area contributed by atoms with Gasteiger partial charge in [-0.2, -0.15) is 0 Å². The van der Waals surface area contributed by atoms with Crippen molar-refractivity contribution in [2.24, 2.45) is 12.2 Å². The minimum absolute atomic E-state index is 0.115. The number of rotatable bonds is 4. The number of ether oxygens (including phenoxy) is 1. The molecule has 10 heteroatoms. The van der Waals surface area contributed by atoms with Crippen molar-refractivity contribution in [1.29, 1.82) is 0 Å². The third-order valence-electron chi connectivity index (χ3n) is 2.41. The monoisotopic (exact) mass is 287 g/mol. The summed E-state index contributed by atoms with van der Waals surface area (Å²) in [5.74, 6) is -0.331. The first-order valence-corrected chi connectivity index (χ1v) is 5.31. The normalized spacial score (nSPS) is 13.0. The van der Waals surface area contributed by atoms with Gasteiger partial charge in [-0.05, 0) is 28.1 Å². The molecule has 1 unspecified atom stereocenters. The molecule has 0 N–H and O–H groups in total. The molecule has 2 aromatic rings. The van der Waals surface area contributed by atoms with Crippen LogP contribution >= 0.6 is 0 Å². The van der Waals surface area contributed by atoms with Crippen molar-refractivity contribution in [3.8, 4) is 5.75 Å². The highest BCUT2D eigenvalue weighted by Gasteiger charge is 2.31. The highest BCUT2D eigenvalue weighted by Crippen LogP contribution is 2.29. The van der Waals surface area contributed by atoms with Crippen LogP contribution in [0.15, 0.2) is 29.4 Å². The number of nitrogens with zero attached hydrogens (tertiary/aromatic N) is 5. The Hall–Kier alpha value is -2.52. The fourth-order valence-corrected chi connectivity index (χ4v) is 1.61. The van der Waals surface area contributed by atoms with Gasteiger partial charge in [0.2, 0.25) is 0 Å². The molecular weight excluding hydrogens is 279 g/mol. The van der Waals surface area contributed by atoms with E-state index in [1.165, 1.54) is 23.9 Å². The molecule has 0 radical (unpaired) electrons. The van der Waals surface area contributed by atoms with Gasteiger partial charge in [0.15, 0.2) is 11.9 Å². The number of alkyl halides is 3. The molecule has 0 spiro atoms. The molecular formula is C10H8F3N5O2. The van der Waals surface area contributed by atoms with Crippen molar-refractivity contribution in [3.05, 3.63) is 40.6 Å². The zero-order valence-corrected chi connectivity index (χ0v) is 10.1. The Bertz CT molecular complexity index is 613. The van der Waals surface area contributed by atoms with Crippen molar-refractivity contribution in [2.75, 3.05) is 0 Å². The largest absolute Gasteiger partial charge is 0.573 e. The zero-order valence-electron chi connectivity index (χ0n) is 10.1. The van der Waals surface area contributed by atoms with Crippen LogP contribution in [0, 0.1) is 4.91 Å². The molecule has 0 amide bonds. The summed E-state index contributed by atoms with van der Waals surface area (Å²) in [6.45, 7) is 0. The fraction of sp³-hybridized carbons (Fsp3) is 0.300. The van der Waals surface area contributed by atoms with Gasteiger partial charge in [-0.3, -0.25) is 0 Å². The summed E-state index contributed by atoms with van der Waals surface area (Å²) in [5, 5.41) is 13.4. The van der Waals surface area contributed by atoms with E-state index in [2.05, 4.69) is 25.4 Å². The van der Waals surface area contributed by atoms with Crippen LogP contribution < -0.4 is 4.74 Å².